The van der Waals surface area contributed by atoms with Gasteiger partial charge >= 0.3 is 0 Å². The third kappa shape index (κ3) is 7.59. The molecule has 0 aliphatic rings. The molecule has 0 radical (unpaired) electrons. The number of anilines is 2. The van der Waals surface area contributed by atoms with Crippen molar-refractivity contribution < 1.29 is 22.5 Å². The first-order valence-electron chi connectivity index (χ1n) is 9.87. The van der Waals surface area contributed by atoms with E-state index in [0.717, 1.165) is 0 Å². The molecule has 0 aliphatic heterocycles. The molecule has 1 amide bonds. The average Bonchev–Trinajstić information content (AvgIpc) is 3.16. The minimum absolute atomic E-state index is 0.0226. The van der Waals surface area contributed by atoms with E-state index in [1.165, 1.54) is 30.3 Å². The zero-order valence-electron chi connectivity index (χ0n) is 17.8. The van der Waals surface area contributed by atoms with Crippen LogP contribution in [0.4, 0.5) is 11.5 Å². The number of aryl methyl sites for hydroxylation is 1. The topological polar surface area (TPSA) is 123 Å². The number of carbonyl (C=O) groups excluding carboxylic acids is 1. The third-order valence-corrected chi connectivity index (χ3v) is 6.35. The first kappa shape index (κ1) is 25.8. The fraction of sp³-hybridized carbons (Fsp3) is 0.190. The second kappa shape index (κ2) is 11.5. The summed E-state index contributed by atoms with van der Waals surface area (Å²) in [6.07, 6.45) is 0.620. The minimum Gasteiger partial charge on any atom is -0.492 e. The van der Waals surface area contributed by atoms with Gasteiger partial charge in [0, 0.05) is 23.2 Å². The lowest BCUT2D eigenvalue weighted by atomic mass is 10.3. The highest BCUT2D eigenvalue weighted by Crippen LogP contribution is 2.27. The van der Waals surface area contributed by atoms with Crippen LogP contribution in [0.25, 0.3) is 0 Å². The smallest absolute Gasteiger partial charge is 0.263 e. The number of benzene rings is 2. The summed E-state index contributed by atoms with van der Waals surface area (Å²) in [7, 11) is -3.83. The van der Waals surface area contributed by atoms with Gasteiger partial charge in [0.15, 0.2) is 10.9 Å². The van der Waals surface area contributed by atoms with Crippen molar-refractivity contribution in [1.82, 2.24) is 10.5 Å². The van der Waals surface area contributed by atoms with E-state index >= 15 is 0 Å². The largest absolute Gasteiger partial charge is 0.492 e. The van der Waals surface area contributed by atoms with Crippen molar-refractivity contribution in [3.8, 4) is 5.75 Å². The van der Waals surface area contributed by atoms with Crippen LogP contribution in [0, 0.1) is 6.92 Å². The zero-order valence-corrected chi connectivity index (χ0v) is 20.9. The highest BCUT2D eigenvalue weighted by atomic mass is 35.5. The molecule has 1 aromatic heterocycles. The van der Waals surface area contributed by atoms with Crippen LogP contribution < -0.4 is 20.1 Å². The van der Waals surface area contributed by atoms with Crippen LogP contribution >= 0.6 is 35.4 Å². The molecular formula is C21H20Cl2N4O5S2. The van der Waals surface area contributed by atoms with E-state index in [4.69, 9.17) is 44.7 Å². The maximum absolute atomic E-state index is 12.4. The Balaban J connectivity index is 1.43. The number of carbonyl (C=O) groups is 1. The molecular weight excluding hydrogens is 523 g/mol. The monoisotopic (exact) mass is 542 g/mol. The summed E-state index contributed by atoms with van der Waals surface area (Å²) in [6, 6.07) is 12.2. The SMILES string of the molecule is Cc1cc(NS(=O)(=O)c2ccc(NC(=S)NC(=O)CCCOc3ccc(Cl)cc3Cl)cc2)no1. The molecule has 9 nitrogen and oxygen atoms in total. The molecule has 34 heavy (non-hydrogen) atoms. The van der Waals surface area contributed by atoms with Crippen molar-refractivity contribution in [2.45, 2.75) is 24.7 Å². The zero-order chi connectivity index (χ0) is 24.7. The number of nitrogens with one attached hydrogen (secondary N) is 3. The summed E-state index contributed by atoms with van der Waals surface area (Å²) in [5.74, 6) is 0.756. The van der Waals surface area contributed by atoms with Crippen LogP contribution in [0.1, 0.15) is 18.6 Å². The highest BCUT2D eigenvalue weighted by molar-refractivity contribution is 7.92. The standard InChI is InChI=1S/C21H20Cl2N4O5S2/c1-13-11-19(26-32-13)27-34(29,30)16-7-5-15(6-8-16)24-21(33)25-20(28)3-2-10-31-18-9-4-14(22)12-17(18)23/h4-9,11-12H,2-3,10H2,1H3,(H,26,27)(H2,24,25,28,33). The molecule has 0 spiro atoms. The van der Waals surface area contributed by atoms with E-state index in [0.29, 0.717) is 33.7 Å². The van der Waals surface area contributed by atoms with Crippen molar-refractivity contribution in [2.24, 2.45) is 0 Å². The van der Waals surface area contributed by atoms with Crippen LogP contribution in [-0.4, -0.2) is 31.2 Å². The number of rotatable bonds is 9. The molecule has 0 unspecified atom stereocenters. The molecule has 3 N–H and O–H groups in total. The quantitative estimate of drug-likeness (QED) is 0.261. The number of ether oxygens (including phenoxy) is 1. The van der Waals surface area contributed by atoms with E-state index in [1.54, 1.807) is 25.1 Å². The normalized spacial score (nSPS) is 11.0. The summed E-state index contributed by atoms with van der Waals surface area (Å²) in [6.45, 7) is 1.94. The number of thiocarbonyl (C=S) groups is 1. The van der Waals surface area contributed by atoms with Crippen LogP contribution in [0.5, 0.6) is 5.75 Å². The van der Waals surface area contributed by atoms with E-state index in [9.17, 15) is 13.2 Å². The number of halogens is 2. The van der Waals surface area contributed by atoms with E-state index in [2.05, 4.69) is 20.5 Å². The predicted octanol–water partition coefficient (Wildman–Crippen LogP) is 4.76. The Kier molecular flexibility index (Phi) is 8.72. The Labute approximate surface area is 211 Å². The lowest BCUT2D eigenvalue weighted by molar-refractivity contribution is -0.119. The van der Waals surface area contributed by atoms with Crippen LogP contribution in [0.15, 0.2) is 57.9 Å². The maximum Gasteiger partial charge on any atom is 0.263 e. The number of aromatic nitrogens is 1. The number of hydrogen-bond donors (Lipinski definition) is 3. The molecule has 180 valence electrons. The van der Waals surface area contributed by atoms with Gasteiger partial charge in [-0.15, -0.1) is 0 Å². The minimum atomic E-state index is -3.83. The van der Waals surface area contributed by atoms with Gasteiger partial charge in [0.25, 0.3) is 10.0 Å². The van der Waals surface area contributed by atoms with Gasteiger partial charge in [0.1, 0.15) is 11.5 Å². The molecule has 0 bridgehead atoms. The van der Waals surface area contributed by atoms with Crippen LogP contribution in [0.3, 0.4) is 0 Å². The fourth-order valence-corrected chi connectivity index (χ4v) is 4.37. The van der Waals surface area contributed by atoms with Gasteiger partial charge in [-0.2, -0.15) is 0 Å². The molecule has 3 aromatic rings. The molecule has 2 aromatic carbocycles. The molecule has 13 heteroatoms. The summed E-state index contributed by atoms with van der Waals surface area (Å²) >= 11 is 17.0. The van der Waals surface area contributed by atoms with Crippen molar-refractivity contribution in [3.63, 3.8) is 0 Å². The van der Waals surface area contributed by atoms with Gasteiger partial charge in [-0.1, -0.05) is 28.4 Å². The van der Waals surface area contributed by atoms with Crippen LogP contribution in [0.2, 0.25) is 10.0 Å². The van der Waals surface area contributed by atoms with E-state index in [1.807, 2.05) is 0 Å². The lowest BCUT2D eigenvalue weighted by Gasteiger charge is -2.11. The lowest BCUT2D eigenvalue weighted by Crippen LogP contribution is -2.34. The summed E-state index contributed by atoms with van der Waals surface area (Å²) in [4.78, 5) is 12.1. The maximum atomic E-state index is 12.4. The number of hydrogen-bond acceptors (Lipinski definition) is 7. The Bertz CT molecular complexity index is 1280. The Morgan fingerprint density at radius 2 is 1.88 bits per heavy atom. The fourth-order valence-electron chi connectivity index (χ4n) is 2.69. The third-order valence-electron chi connectivity index (χ3n) is 4.24. The molecule has 0 saturated carbocycles. The van der Waals surface area contributed by atoms with Crippen LogP contribution in [-0.2, 0) is 14.8 Å². The number of nitrogens with zero attached hydrogens (tertiary/aromatic N) is 1. The molecule has 0 fully saturated rings. The average molecular weight is 543 g/mol. The molecule has 0 atom stereocenters. The van der Waals surface area contributed by atoms with Crippen molar-refractivity contribution in [1.29, 1.82) is 0 Å². The van der Waals surface area contributed by atoms with Crippen molar-refractivity contribution in [3.05, 3.63) is 64.3 Å². The first-order chi connectivity index (χ1) is 16.1. The molecule has 0 saturated heterocycles. The Hall–Kier alpha value is -2.86. The van der Waals surface area contributed by atoms with E-state index in [-0.39, 0.29) is 34.8 Å². The summed E-state index contributed by atoms with van der Waals surface area (Å²) in [5.41, 5.74) is 0.502. The second-order valence-electron chi connectivity index (χ2n) is 6.98. The Morgan fingerprint density at radius 1 is 1.15 bits per heavy atom. The van der Waals surface area contributed by atoms with Crippen molar-refractivity contribution in [2.75, 3.05) is 16.6 Å². The van der Waals surface area contributed by atoms with Gasteiger partial charge in [0.05, 0.1) is 16.5 Å². The van der Waals surface area contributed by atoms with E-state index < -0.39 is 10.0 Å². The molecule has 0 aliphatic carbocycles. The van der Waals surface area contributed by atoms with Gasteiger partial charge in [0.2, 0.25) is 5.91 Å². The number of sulfonamides is 1. The second-order valence-corrected chi connectivity index (χ2v) is 9.92. The Morgan fingerprint density at radius 3 is 2.53 bits per heavy atom. The summed E-state index contributed by atoms with van der Waals surface area (Å²) in [5, 5.41) is 9.98. The van der Waals surface area contributed by atoms with Gasteiger partial charge in [-0.05, 0) is 68.0 Å². The summed E-state index contributed by atoms with van der Waals surface area (Å²) < 4.78 is 37.5. The van der Waals surface area contributed by atoms with Gasteiger partial charge in [-0.3, -0.25) is 9.52 Å². The first-order valence-corrected chi connectivity index (χ1v) is 12.5. The highest BCUT2D eigenvalue weighted by Gasteiger charge is 2.16. The number of amides is 1. The van der Waals surface area contributed by atoms with Gasteiger partial charge < -0.3 is 19.9 Å². The van der Waals surface area contributed by atoms with Crippen molar-refractivity contribution >= 4 is 68.0 Å². The predicted molar refractivity (Wildman–Crippen MR) is 134 cm³/mol. The molecule has 3 rings (SSSR count). The van der Waals surface area contributed by atoms with Gasteiger partial charge in [-0.25, -0.2) is 8.42 Å². The molecule has 1 heterocycles.